The Morgan fingerprint density at radius 2 is 2.24 bits per heavy atom. The summed E-state index contributed by atoms with van der Waals surface area (Å²) < 4.78 is 0. The number of carbonyl (C=O) groups is 1. The highest BCUT2D eigenvalue weighted by atomic mass is 16.2. The van der Waals surface area contributed by atoms with Crippen LogP contribution in [0.1, 0.15) is 30.9 Å². The standard InChI is InChI=1S/C12H16N4O/c17-12-7-16(5-4-13-12)11-6-10(14-8-15-11)9-2-1-3-9/h6,8-9H,1-5,7H2,(H,13,17). The molecule has 5 nitrogen and oxygen atoms in total. The molecule has 1 aliphatic heterocycles. The molecular weight excluding hydrogens is 216 g/mol. The van der Waals surface area contributed by atoms with Crippen LogP contribution in [0, 0.1) is 0 Å². The molecule has 1 saturated heterocycles. The second-order valence-electron chi connectivity index (χ2n) is 4.70. The van der Waals surface area contributed by atoms with E-state index in [4.69, 9.17) is 0 Å². The number of amides is 1. The number of carbonyl (C=O) groups excluding carboxylic acids is 1. The molecule has 1 saturated carbocycles. The zero-order valence-electron chi connectivity index (χ0n) is 9.72. The Morgan fingerprint density at radius 3 is 2.94 bits per heavy atom. The predicted molar refractivity (Wildman–Crippen MR) is 63.8 cm³/mol. The second kappa shape index (κ2) is 4.31. The molecule has 1 aromatic heterocycles. The van der Waals surface area contributed by atoms with E-state index in [-0.39, 0.29) is 5.91 Å². The van der Waals surface area contributed by atoms with E-state index in [2.05, 4.69) is 15.3 Å². The molecule has 1 aromatic rings. The summed E-state index contributed by atoms with van der Waals surface area (Å²) in [6.07, 6.45) is 5.39. The molecule has 0 atom stereocenters. The number of anilines is 1. The largest absolute Gasteiger partial charge is 0.353 e. The normalized spacial score (nSPS) is 20.9. The highest BCUT2D eigenvalue weighted by molar-refractivity contribution is 5.82. The van der Waals surface area contributed by atoms with Crippen LogP contribution in [0.15, 0.2) is 12.4 Å². The second-order valence-corrected chi connectivity index (χ2v) is 4.70. The smallest absolute Gasteiger partial charge is 0.239 e. The molecule has 0 unspecified atom stereocenters. The number of hydrogen-bond acceptors (Lipinski definition) is 4. The van der Waals surface area contributed by atoms with Gasteiger partial charge in [0.2, 0.25) is 5.91 Å². The molecule has 0 spiro atoms. The number of piperazine rings is 1. The van der Waals surface area contributed by atoms with Crippen molar-refractivity contribution in [2.75, 3.05) is 24.5 Å². The number of nitrogens with zero attached hydrogens (tertiary/aromatic N) is 3. The number of aromatic nitrogens is 2. The van der Waals surface area contributed by atoms with Gasteiger partial charge in [-0.2, -0.15) is 0 Å². The highest BCUT2D eigenvalue weighted by Gasteiger charge is 2.23. The van der Waals surface area contributed by atoms with Crippen molar-refractivity contribution in [1.82, 2.24) is 15.3 Å². The summed E-state index contributed by atoms with van der Waals surface area (Å²) >= 11 is 0. The van der Waals surface area contributed by atoms with Crippen molar-refractivity contribution < 1.29 is 4.79 Å². The SMILES string of the molecule is O=C1CN(c2cc(C3CCC3)ncn2)CCN1. The molecule has 17 heavy (non-hydrogen) atoms. The van der Waals surface area contributed by atoms with Gasteiger partial charge in [-0.15, -0.1) is 0 Å². The predicted octanol–water partition coefficient (Wildman–Crippen LogP) is 0.680. The third-order valence-corrected chi connectivity index (χ3v) is 3.56. The van der Waals surface area contributed by atoms with Gasteiger partial charge in [-0.25, -0.2) is 9.97 Å². The lowest BCUT2D eigenvalue weighted by Gasteiger charge is -2.29. The maximum absolute atomic E-state index is 11.3. The van der Waals surface area contributed by atoms with Crippen LogP contribution in [0.2, 0.25) is 0 Å². The topological polar surface area (TPSA) is 58.1 Å². The first-order chi connectivity index (χ1) is 8.33. The summed E-state index contributed by atoms with van der Waals surface area (Å²) in [7, 11) is 0. The molecule has 5 heteroatoms. The van der Waals surface area contributed by atoms with E-state index in [0.717, 1.165) is 18.1 Å². The molecule has 0 radical (unpaired) electrons. The monoisotopic (exact) mass is 232 g/mol. The molecule has 3 rings (SSSR count). The summed E-state index contributed by atoms with van der Waals surface area (Å²) in [5.74, 6) is 1.56. The van der Waals surface area contributed by atoms with E-state index in [0.29, 0.717) is 19.0 Å². The van der Waals surface area contributed by atoms with Crippen molar-refractivity contribution in [1.29, 1.82) is 0 Å². The molecule has 0 bridgehead atoms. The summed E-state index contributed by atoms with van der Waals surface area (Å²) in [6.45, 7) is 1.93. The van der Waals surface area contributed by atoms with Crippen LogP contribution in [-0.2, 0) is 4.79 Å². The van der Waals surface area contributed by atoms with Crippen molar-refractivity contribution in [2.24, 2.45) is 0 Å². The van der Waals surface area contributed by atoms with Crippen LogP contribution >= 0.6 is 0 Å². The van der Waals surface area contributed by atoms with Crippen LogP contribution in [0.25, 0.3) is 0 Å². The van der Waals surface area contributed by atoms with Gasteiger partial charge in [0.25, 0.3) is 0 Å². The van der Waals surface area contributed by atoms with Crippen molar-refractivity contribution in [3.05, 3.63) is 18.1 Å². The highest BCUT2D eigenvalue weighted by Crippen LogP contribution is 2.35. The van der Waals surface area contributed by atoms with Crippen LogP contribution in [0.5, 0.6) is 0 Å². The van der Waals surface area contributed by atoms with E-state index < -0.39 is 0 Å². The fraction of sp³-hybridized carbons (Fsp3) is 0.583. The Hall–Kier alpha value is -1.65. The van der Waals surface area contributed by atoms with Crippen molar-refractivity contribution in [3.8, 4) is 0 Å². The van der Waals surface area contributed by atoms with E-state index >= 15 is 0 Å². The third-order valence-electron chi connectivity index (χ3n) is 3.56. The first-order valence-electron chi connectivity index (χ1n) is 6.16. The maximum atomic E-state index is 11.3. The summed E-state index contributed by atoms with van der Waals surface area (Å²) in [5.41, 5.74) is 1.13. The van der Waals surface area contributed by atoms with Crippen LogP contribution in [0.3, 0.4) is 0 Å². The first kappa shape index (κ1) is 10.5. The quantitative estimate of drug-likeness (QED) is 0.814. The summed E-state index contributed by atoms with van der Waals surface area (Å²) in [4.78, 5) is 22.0. The van der Waals surface area contributed by atoms with Crippen LogP contribution in [-0.4, -0.2) is 35.5 Å². The van der Waals surface area contributed by atoms with Crippen molar-refractivity contribution >= 4 is 11.7 Å². The molecule has 1 amide bonds. The molecule has 2 aliphatic rings. The molecule has 0 aromatic carbocycles. The van der Waals surface area contributed by atoms with Gasteiger partial charge in [0.05, 0.1) is 6.54 Å². The van der Waals surface area contributed by atoms with Crippen LogP contribution in [0.4, 0.5) is 5.82 Å². The molecule has 2 heterocycles. The zero-order chi connectivity index (χ0) is 11.7. The maximum Gasteiger partial charge on any atom is 0.239 e. The third kappa shape index (κ3) is 2.09. The molecule has 90 valence electrons. The average molecular weight is 232 g/mol. The molecule has 1 N–H and O–H groups in total. The minimum Gasteiger partial charge on any atom is -0.353 e. The minimum absolute atomic E-state index is 0.0695. The number of nitrogens with one attached hydrogen (secondary N) is 1. The van der Waals surface area contributed by atoms with Gasteiger partial charge in [0, 0.05) is 30.8 Å². The average Bonchev–Trinajstić information content (AvgIpc) is 2.27. The summed E-state index contributed by atoms with van der Waals surface area (Å²) in [6, 6.07) is 2.04. The Labute approximate surface area is 100 Å². The van der Waals surface area contributed by atoms with E-state index in [1.54, 1.807) is 6.33 Å². The van der Waals surface area contributed by atoms with Crippen molar-refractivity contribution in [3.63, 3.8) is 0 Å². The fourth-order valence-electron chi connectivity index (χ4n) is 2.30. The van der Waals surface area contributed by atoms with E-state index in [1.165, 1.54) is 19.3 Å². The van der Waals surface area contributed by atoms with Gasteiger partial charge < -0.3 is 10.2 Å². The fourth-order valence-corrected chi connectivity index (χ4v) is 2.30. The number of rotatable bonds is 2. The van der Waals surface area contributed by atoms with Crippen LogP contribution < -0.4 is 10.2 Å². The Morgan fingerprint density at radius 1 is 1.35 bits per heavy atom. The van der Waals surface area contributed by atoms with E-state index in [9.17, 15) is 4.79 Å². The van der Waals surface area contributed by atoms with Gasteiger partial charge in [0.15, 0.2) is 0 Å². The van der Waals surface area contributed by atoms with Gasteiger partial charge >= 0.3 is 0 Å². The molecule has 2 fully saturated rings. The Balaban J connectivity index is 1.79. The Bertz CT molecular complexity index is 430. The van der Waals surface area contributed by atoms with Gasteiger partial charge in [-0.1, -0.05) is 6.42 Å². The van der Waals surface area contributed by atoms with Crippen molar-refractivity contribution in [2.45, 2.75) is 25.2 Å². The Kier molecular flexibility index (Phi) is 2.66. The van der Waals surface area contributed by atoms with Gasteiger partial charge in [0.1, 0.15) is 12.1 Å². The van der Waals surface area contributed by atoms with Gasteiger partial charge in [-0.3, -0.25) is 4.79 Å². The lowest BCUT2D eigenvalue weighted by molar-refractivity contribution is -0.120. The van der Waals surface area contributed by atoms with Gasteiger partial charge in [-0.05, 0) is 12.8 Å². The zero-order valence-corrected chi connectivity index (χ0v) is 9.72. The lowest BCUT2D eigenvalue weighted by atomic mass is 9.83. The minimum atomic E-state index is 0.0695. The number of hydrogen-bond donors (Lipinski definition) is 1. The van der Waals surface area contributed by atoms with E-state index in [1.807, 2.05) is 11.0 Å². The molecular formula is C12H16N4O. The first-order valence-corrected chi connectivity index (χ1v) is 6.16. The molecule has 1 aliphatic carbocycles. The lowest BCUT2D eigenvalue weighted by Crippen LogP contribution is -2.48. The summed E-state index contributed by atoms with van der Waals surface area (Å²) in [5, 5.41) is 2.82.